The molecule has 0 saturated carbocycles. The van der Waals surface area contributed by atoms with Gasteiger partial charge in [-0.3, -0.25) is 9.89 Å². The summed E-state index contributed by atoms with van der Waals surface area (Å²) in [7, 11) is 0. The number of nitrogens with zero attached hydrogens (tertiary/aromatic N) is 4. The molecule has 150 valence electrons. The normalized spacial score (nSPS) is 21.5. The zero-order valence-electron chi connectivity index (χ0n) is 16.2. The SMILES string of the molecule is CCNC(=NCCCN1CCOCC1)NC1CCN(c2ncccc2Cl)C1. The summed E-state index contributed by atoms with van der Waals surface area (Å²) in [5.41, 5.74) is 0. The topological polar surface area (TPSA) is 65.0 Å². The van der Waals surface area contributed by atoms with Crippen LogP contribution in [0.5, 0.6) is 0 Å². The Bertz CT molecular complexity index is 608. The molecule has 2 saturated heterocycles. The highest BCUT2D eigenvalue weighted by Gasteiger charge is 2.25. The number of pyridine rings is 1. The number of rotatable bonds is 7. The first-order valence-electron chi connectivity index (χ1n) is 9.96. The van der Waals surface area contributed by atoms with Crippen LogP contribution in [0.3, 0.4) is 0 Å². The first kappa shape index (κ1) is 20.2. The summed E-state index contributed by atoms with van der Waals surface area (Å²) < 4.78 is 5.39. The van der Waals surface area contributed by atoms with Gasteiger partial charge in [0.25, 0.3) is 0 Å². The lowest BCUT2D eigenvalue weighted by molar-refractivity contribution is 0.0377. The summed E-state index contributed by atoms with van der Waals surface area (Å²) in [5.74, 6) is 1.77. The lowest BCUT2D eigenvalue weighted by Crippen LogP contribution is -2.44. The molecule has 0 spiro atoms. The molecule has 0 aliphatic carbocycles. The molecule has 2 aliphatic rings. The van der Waals surface area contributed by atoms with Crippen LogP contribution in [-0.4, -0.2) is 80.9 Å². The van der Waals surface area contributed by atoms with Crippen LogP contribution >= 0.6 is 11.6 Å². The fourth-order valence-corrected chi connectivity index (χ4v) is 3.74. The minimum absolute atomic E-state index is 0.347. The van der Waals surface area contributed by atoms with Gasteiger partial charge in [-0.05, 0) is 31.9 Å². The van der Waals surface area contributed by atoms with Gasteiger partial charge in [-0.25, -0.2) is 4.98 Å². The Balaban J connectivity index is 1.45. The smallest absolute Gasteiger partial charge is 0.191 e. The maximum atomic E-state index is 6.28. The van der Waals surface area contributed by atoms with Gasteiger partial charge < -0.3 is 20.3 Å². The molecule has 0 radical (unpaired) electrons. The highest BCUT2D eigenvalue weighted by Crippen LogP contribution is 2.25. The van der Waals surface area contributed by atoms with E-state index in [0.29, 0.717) is 11.1 Å². The highest BCUT2D eigenvalue weighted by atomic mass is 35.5. The van der Waals surface area contributed by atoms with Gasteiger partial charge in [0.1, 0.15) is 5.82 Å². The van der Waals surface area contributed by atoms with Crippen LogP contribution in [0.1, 0.15) is 19.8 Å². The summed E-state index contributed by atoms with van der Waals surface area (Å²) >= 11 is 6.28. The second-order valence-electron chi connectivity index (χ2n) is 6.95. The minimum atomic E-state index is 0.347. The molecule has 0 aromatic carbocycles. The Hall–Kier alpha value is -1.57. The first-order valence-corrected chi connectivity index (χ1v) is 10.3. The summed E-state index contributed by atoms with van der Waals surface area (Å²) in [6, 6.07) is 4.11. The van der Waals surface area contributed by atoms with Gasteiger partial charge in [0, 0.05) is 58.1 Å². The number of ether oxygens (including phenoxy) is 1. The van der Waals surface area contributed by atoms with Crippen molar-refractivity contribution in [3.05, 3.63) is 23.4 Å². The number of aromatic nitrogens is 1. The summed E-state index contributed by atoms with van der Waals surface area (Å²) in [6.07, 6.45) is 3.91. The predicted molar refractivity (Wildman–Crippen MR) is 111 cm³/mol. The number of anilines is 1. The molecule has 1 aromatic rings. The molecular weight excluding hydrogens is 364 g/mol. The van der Waals surface area contributed by atoms with E-state index in [9.17, 15) is 0 Å². The molecule has 8 heteroatoms. The Kier molecular flexibility index (Phi) is 7.98. The van der Waals surface area contributed by atoms with Gasteiger partial charge in [0.2, 0.25) is 0 Å². The molecule has 1 atom stereocenters. The van der Waals surface area contributed by atoms with E-state index in [0.717, 1.165) is 83.6 Å². The van der Waals surface area contributed by atoms with Crippen LogP contribution in [0.15, 0.2) is 23.3 Å². The van der Waals surface area contributed by atoms with E-state index in [1.165, 1.54) is 0 Å². The monoisotopic (exact) mass is 394 g/mol. The standard InChI is InChI=1S/C19H31ClN6O/c1-2-21-19(23-8-4-9-25-11-13-27-14-12-25)24-16-6-10-26(15-16)18-17(20)5-3-7-22-18/h3,5,7,16H,2,4,6,8-15H2,1H3,(H2,21,23,24). The van der Waals surface area contributed by atoms with Crippen LogP contribution in [0.25, 0.3) is 0 Å². The van der Waals surface area contributed by atoms with Gasteiger partial charge in [-0.2, -0.15) is 0 Å². The minimum Gasteiger partial charge on any atom is -0.379 e. The van der Waals surface area contributed by atoms with Crippen molar-refractivity contribution >= 4 is 23.4 Å². The van der Waals surface area contributed by atoms with Crippen LogP contribution in [0.4, 0.5) is 5.82 Å². The largest absolute Gasteiger partial charge is 0.379 e. The van der Waals surface area contributed by atoms with Crippen LogP contribution in [0.2, 0.25) is 5.02 Å². The fraction of sp³-hybridized carbons (Fsp3) is 0.684. The molecule has 0 bridgehead atoms. The van der Waals surface area contributed by atoms with Crippen molar-refractivity contribution in [2.75, 3.05) is 63.9 Å². The molecule has 2 N–H and O–H groups in total. The predicted octanol–water partition coefficient (Wildman–Crippen LogP) is 1.59. The third-order valence-corrected chi connectivity index (χ3v) is 5.21. The highest BCUT2D eigenvalue weighted by molar-refractivity contribution is 6.32. The van der Waals surface area contributed by atoms with Crippen molar-refractivity contribution in [1.29, 1.82) is 0 Å². The molecule has 1 aromatic heterocycles. The average Bonchev–Trinajstić information content (AvgIpc) is 3.15. The van der Waals surface area contributed by atoms with E-state index in [-0.39, 0.29) is 0 Å². The van der Waals surface area contributed by atoms with E-state index < -0.39 is 0 Å². The quantitative estimate of drug-likeness (QED) is 0.416. The average molecular weight is 395 g/mol. The Labute approximate surface area is 167 Å². The Morgan fingerprint density at radius 2 is 2.22 bits per heavy atom. The van der Waals surface area contributed by atoms with Crippen molar-refractivity contribution < 1.29 is 4.74 Å². The molecule has 3 heterocycles. The lowest BCUT2D eigenvalue weighted by atomic mass is 10.3. The molecule has 3 rings (SSSR count). The molecule has 2 fully saturated rings. The maximum absolute atomic E-state index is 6.28. The maximum Gasteiger partial charge on any atom is 0.191 e. The number of hydrogen-bond acceptors (Lipinski definition) is 5. The summed E-state index contributed by atoms with van der Waals surface area (Å²) in [5, 5.41) is 7.64. The summed E-state index contributed by atoms with van der Waals surface area (Å²) in [6.45, 7) is 10.5. The van der Waals surface area contributed by atoms with Gasteiger partial charge in [-0.15, -0.1) is 0 Å². The second-order valence-corrected chi connectivity index (χ2v) is 7.36. The third-order valence-electron chi connectivity index (χ3n) is 4.92. The fourth-order valence-electron chi connectivity index (χ4n) is 3.50. The molecule has 1 unspecified atom stereocenters. The number of nitrogens with one attached hydrogen (secondary N) is 2. The lowest BCUT2D eigenvalue weighted by Gasteiger charge is -2.26. The molecule has 2 aliphatic heterocycles. The first-order chi connectivity index (χ1) is 13.3. The number of halogens is 1. The van der Waals surface area contributed by atoms with E-state index in [2.05, 4.69) is 32.3 Å². The van der Waals surface area contributed by atoms with Gasteiger partial charge >= 0.3 is 0 Å². The van der Waals surface area contributed by atoms with Crippen molar-refractivity contribution in [1.82, 2.24) is 20.5 Å². The van der Waals surface area contributed by atoms with Crippen molar-refractivity contribution in [2.24, 2.45) is 4.99 Å². The van der Waals surface area contributed by atoms with E-state index in [1.54, 1.807) is 6.20 Å². The number of hydrogen-bond donors (Lipinski definition) is 2. The van der Waals surface area contributed by atoms with Crippen LogP contribution in [0, 0.1) is 0 Å². The van der Waals surface area contributed by atoms with Crippen LogP contribution < -0.4 is 15.5 Å². The van der Waals surface area contributed by atoms with Crippen molar-refractivity contribution in [3.63, 3.8) is 0 Å². The number of aliphatic imine (C=N–C) groups is 1. The van der Waals surface area contributed by atoms with E-state index in [1.807, 2.05) is 12.1 Å². The zero-order valence-corrected chi connectivity index (χ0v) is 16.9. The van der Waals surface area contributed by atoms with E-state index >= 15 is 0 Å². The van der Waals surface area contributed by atoms with Gasteiger partial charge in [-0.1, -0.05) is 11.6 Å². The number of guanidine groups is 1. The Morgan fingerprint density at radius 3 is 3.00 bits per heavy atom. The zero-order chi connectivity index (χ0) is 18.9. The van der Waals surface area contributed by atoms with Crippen molar-refractivity contribution in [3.8, 4) is 0 Å². The van der Waals surface area contributed by atoms with E-state index in [4.69, 9.17) is 21.3 Å². The molecule has 27 heavy (non-hydrogen) atoms. The Morgan fingerprint density at radius 1 is 1.37 bits per heavy atom. The third kappa shape index (κ3) is 6.23. The molecule has 7 nitrogen and oxygen atoms in total. The molecule has 0 amide bonds. The summed E-state index contributed by atoms with van der Waals surface area (Å²) in [4.78, 5) is 13.9. The number of morpholine rings is 1. The van der Waals surface area contributed by atoms with Gasteiger partial charge in [0.05, 0.1) is 18.2 Å². The van der Waals surface area contributed by atoms with Crippen LogP contribution in [-0.2, 0) is 4.74 Å². The second kappa shape index (κ2) is 10.7. The van der Waals surface area contributed by atoms with Crippen molar-refractivity contribution in [2.45, 2.75) is 25.8 Å². The van der Waals surface area contributed by atoms with Gasteiger partial charge in [0.15, 0.2) is 5.96 Å². The molecular formula is C19H31ClN6O.